The van der Waals surface area contributed by atoms with Gasteiger partial charge in [-0.05, 0) is 22.9 Å². The van der Waals surface area contributed by atoms with Gasteiger partial charge in [0.15, 0.2) is 5.43 Å². The fraction of sp³-hybridized carbons (Fsp3) is 0.353. The first kappa shape index (κ1) is 21.0. The standard InChI is InChI=1S/C17H22O7P2/c1-21-25(19,22-2)11-15-9-13-7-5-6-8-14(13)10-16(17(15)18)12-26(20,23-3)24-4/h5-10H,11-12H2,1-4H3. The molecule has 0 saturated carbocycles. The van der Waals surface area contributed by atoms with Gasteiger partial charge < -0.3 is 18.1 Å². The van der Waals surface area contributed by atoms with E-state index in [-0.39, 0.29) is 23.5 Å². The summed E-state index contributed by atoms with van der Waals surface area (Å²) in [6.07, 6.45) is -0.399. The third-order valence-corrected chi connectivity index (χ3v) is 7.76. The molecule has 0 aliphatic heterocycles. The summed E-state index contributed by atoms with van der Waals surface area (Å²) in [5.41, 5.74) is 0.0869. The largest absolute Gasteiger partial charge is 0.334 e. The molecule has 0 atom stereocenters. The molecule has 2 aromatic rings. The molecule has 2 rings (SSSR count). The highest BCUT2D eigenvalue weighted by Gasteiger charge is 2.27. The van der Waals surface area contributed by atoms with Crippen LogP contribution in [0.25, 0.3) is 10.8 Å². The van der Waals surface area contributed by atoms with Crippen LogP contribution in [0.4, 0.5) is 0 Å². The van der Waals surface area contributed by atoms with Gasteiger partial charge in [0.2, 0.25) is 0 Å². The van der Waals surface area contributed by atoms with Crippen molar-refractivity contribution in [2.45, 2.75) is 12.3 Å². The Kier molecular flexibility index (Phi) is 6.92. The van der Waals surface area contributed by atoms with Gasteiger partial charge >= 0.3 is 15.2 Å². The summed E-state index contributed by atoms with van der Waals surface area (Å²) in [5.74, 6) is 0. The molecule has 0 unspecified atom stereocenters. The van der Waals surface area contributed by atoms with E-state index in [1.807, 2.05) is 24.3 Å². The number of hydrogen-bond acceptors (Lipinski definition) is 7. The predicted octanol–water partition coefficient (Wildman–Crippen LogP) is 4.17. The quantitative estimate of drug-likeness (QED) is 0.615. The predicted molar refractivity (Wildman–Crippen MR) is 101 cm³/mol. The second kappa shape index (κ2) is 8.57. The Balaban J connectivity index is 2.72. The third-order valence-electron chi connectivity index (χ3n) is 4.08. The smallest absolute Gasteiger partial charge is 0.312 e. The molecule has 0 saturated heterocycles. The molecule has 9 heteroatoms. The Bertz CT molecular complexity index is 853. The minimum Gasteiger partial charge on any atom is -0.312 e. The average molecular weight is 400 g/mol. The van der Waals surface area contributed by atoms with Crippen molar-refractivity contribution in [3.05, 3.63) is 57.7 Å². The first-order valence-electron chi connectivity index (χ1n) is 7.75. The van der Waals surface area contributed by atoms with Crippen LogP contribution in [0.5, 0.6) is 0 Å². The van der Waals surface area contributed by atoms with Crippen LogP contribution in [0.3, 0.4) is 0 Å². The van der Waals surface area contributed by atoms with Crippen LogP contribution in [0.2, 0.25) is 0 Å². The summed E-state index contributed by atoms with van der Waals surface area (Å²) in [6, 6.07) is 10.6. The lowest BCUT2D eigenvalue weighted by molar-refractivity contribution is 0.274. The first-order chi connectivity index (χ1) is 12.3. The van der Waals surface area contributed by atoms with Crippen molar-refractivity contribution in [2.75, 3.05) is 28.4 Å². The SMILES string of the molecule is COP(=O)(Cc1cc2ccccc2cc(CP(=O)(OC)OC)c1=O)OC. The van der Waals surface area contributed by atoms with Crippen LogP contribution in [0.15, 0.2) is 41.2 Å². The molecule has 0 fully saturated rings. The monoisotopic (exact) mass is 400 g/mol. The minimum absolute atomic E-state index is 0.200. The van der Waals surface area contributed by atoms with Gasteiger partial charge in [0.1, 0.15) is 0 Å². The van der Waals surface area contributed by atoms with Crippen molar-refractivity contribution in [1.82, 2.24) is 0 Å². The van der Waals surface area contributed by atoms with E-state index in [1.165, 1.54) is 28.4 Å². The molecule has 0 bridgehead atoms. The molecule has 0 aromatic heterocycles. The fourth-order valence-corrected chi connectivity index (χ4v) is 4.66. The van der Waals surface area contributed by atoms with Crippen molar-refractivity contribution in [3.8, 4) is 0 Å². The van der Waals surface area contributed by atoms with E-state index in [2.05, 4.69) is 0 Å². The molecule has 7 nitrogen and oxygen atoms in total. The van der Waals surface area contributed by atoms with Gasteiger partial charge in [0.25, 0.3) is 0 Å². The molecule has 26 heavy (non-hydrogen) atoms. The highest BCUT2D eigenvalue weighted by Crippen LogP contribution is 2.51. The van der Waals surface area contributed by atoms with Crippen LogP contribution in [-0.4, -0.2) is 28.4 Å². The first-order valence-corrected chi connectivity index (χ1v) is 11.2. The normalized spacial score (nSPS) is 12.5. The molecule has 0 amide bonds. The van der Waals surface area contributed by atoms with Crippen LogP contribution < -0.4 is 5.43 Å². The minimum atomic E-state index is -3.46. The zero-order valence-corrected chi connectivity index (χ0v) is 16.9. The summed E-state index contributed by atoms with van der Waals surface area (Å²) in [7, 11) is -1.86. The van der Waals surface area contributed by atoms with E-state index in [9.17, 15) is 13.9 Å². The van der Waals surface area contributed by atoms with E-state index in [1.54, 1.807) is 12.1 Å². The molecule has 142 valence electrons. The highest BCUT2D eigenvalue weighted by molar-refractivity contribution is 7.53. The van der Waals surface area contributed by atoms with E-state index in [0.717, 1.165) is 10.8 Å². The molecule has 0 radical (unpaired) electrons. The van der Waals surface area contributed by atoms with Gasteiger partial charge in [-0.15, -0.1) is 0 Å². The molecular formula is C17H22O7P2. The summed E-state index contributed by atoms with van der Waals surface area (Å²) in [5, 5.41) is 1.54. The Hall–Kier alpha value is -1.33. The summed E-state index contributed by atoms with van der Waals surface area (Å²) in [4.78, 5) is 13.0. The lowest BCUT2D eigenvalue weighted by atomic mass is 10.2. The van der Waals surface area contributed by atoms with E-state index in [0.29, 0.717) is 0 Å². The van der Waals surface area contributed by atoms with E-state index in [4.69, 9.17) is 18.1 Å². The van der Waals surface area contributed by atoms with Gasteiger partial charge in [0.05, 0.1) is 12.3 Å². The maximum Gasteiger partial charge on any atom is 0.334 e. The van der Waals surface area contributed by atoms with Crippen molar-refractivity contribution >= 4 is 26.0 Å². The van der Waals surface area contributed by atoms with Gasteiger partial charge in [-0.3, -0.25) is 13.9 Å². The second-order valence-electron chi connectivity index (χ2n) is 5.57. The van der Waals surface area contributed by atoms with Gasteiger partial charge in [-0.2, -0.15) is 0 Å². The Labute approximate surface area is 152 Å². The number of hydrogen-bond donors (Lipinski definition) is 0. The highest BCUT2D eigenvalue weighted by atomic mass is 31.2. The van der Waals surface area contributed by atoms with Gasteiger partial charge in [-0.25, -0.2) is 0 Å². The zero-order chi connectivity index (χ0) is 19.4. The topological polar surface area (TPSA) is 88.1 Å². The van der Waals surface area contributed by atoms with Crippen LogP contribution in [-0.2, 0) is 39.5 Å². The van der Waals surface area contributed by atoms with Gasteiger partial charge in [0, 0.05) is 39.6 Å². The zero-order valence-electron chi connectivity index (χ0n) is 15.1. The number of fused-ring (bicyclic) bond motifs is 1. The average Bonchev–Trinajstić information content (AvgIpc) is 2.78. The van der Waals surface area contributed by atoms with Crippen molar-refractivity contribution in [2.24, 2.45) is 0 Å². The van der Waals surface area contributed by atoms with Gasteiger partial charge in [-0.1, -0.05) is 24.3 Å². The van der Waals surface area contributed by atoms with Crippen molar-refractivity contribution in [1.29, 1.82) is 0 Å². The van der Waals surface area contributed by atoms with Crippen molar-refractivity contribution in [3.63, 3.8) is 0 Å². The molecule has 0 aliphatic carbocycles. The number of rotatable bonds is 8. The second-order valence-corrected chi connectivity index (χ2v) is 10.1. The molecule has 2 aromatic carbocycles. The summed E-state index contributed by atoms with van der Waals surface area (Å²) < 4.78 is 44.9. The summed E-state index contributed by atoms with van der Waals surface area (Å²) >= 11 is 0. The van der Waals surface area contributed by atoms with Crippen LogP contribution in [0, 0.1) is 0 Å². The lowest BCUT2D eigenvalue weighted by Gasteiger charge is -2.14. The molecule has 0 spiro atoms. The Morgan fingerprint density at radius 3 is 1.38 bits per heavy atom. The van der Waals surface area contributed by atoms with E-state index < -0.39 is 20.6 Å². The van der Waals surface area contributed by atoms with Crippen molar-refractivity contribution < 1.29 is 27.2 Å². The van der Waals surface area contributed by atoms with Crippen LogP contribution in [0.1, 0.15) is 11.1 Å². The fourth-order valence-electron chi connectivity index (χ4n) is 2.55. The maximum absolute atomic E-state index is 13.0. The van der Waals surface area contributed by atoms with Crippen LogP contribution >= 0.6 is 15.2 Å². The Morgan fingerprint density at radius 1 is 0.731 bits per heavy atom. The summed E-state index contributed by atoms with van der Waals surface area (Å²) in [6.45, 7) is 0. The number of benzene rings is 1. The molecule has 0 aliphatic rings. The van der Waals surface area contributed by atoms with E-state index >= 15 is 0 Å². The maximum atomic E-state index is 13.0. The Morgan fingerprint density at radius 2 is 1.08 bits per heavy atom. The molecule has 0 N–H and O–H groups in total. The lowest BCUT2D eigenvalue weighted by Crippen LogP contribution is -2.13. The third kappa shape index (κ3) is 4.68. The molecule has 0 heterocycles. The molecular weight excluding hydrogens is 378 g/mol.